The molecule has 0 spiro atoms. The van der Waals surface area contributed by atoms with Crippen LogP contribution < -0.4 is 5.73 Å². The standard InChI is InChI=1S/C16H26N2O/c17-15-8-6-14(7-9-15)10-11-18(12-13-19)16-4-2-1-3-5-16/h6-9,16,19H,1-5,10-13,17H2. The van der Waals surface area contributed by atoms with Gasteiger partial charge in [0.1, 0.15) is 0 Å². The summed E-state index contributed by atoms with van der Waals surface area (Å²) < 4.78 is 0. The fraction of sp³-hybridized carbons (Fsp3) is 0.625. The molecule has 0 aromatic heterocycles. The number of rotatable bonds is 6. The molecule has 19 heavy (non-hydrogen) atoms. The lowest BCUT2D eigenvalue weighted by atomic mass is 9.94. The van der Waals surface area contributed by atoms with Crippen molar-refractivity contribution >= 4 is 5.69 Å². The maximum Gasteiger partial charge on any atom is 0.0558 e. The molecule has 1 aliphatic carbocycles. The molecule has 106 valence electrons. The van der Waals surface area contributed by atoms with Crippen LogP contribution in [0.25, 0.3) is 0 Å². The Bertz CT molecular complexity index is 358. The van der Waals surface area contributed by atoms with E-state index in [4.69, 9.17) is 5.73 Å². The summed E-state index contributed by atoms with van der Waals surface area (Å²) in [6.07, 6.45) is 7.69. The van der Waals surface area contributed by atoms with Gasteiger partial charge in [-0.15, -0.1) is 0 Å². The first-order valence-corrected chi connectivity index (χ1v) is 7.49. The first kappa shape index (κ1) is 14.4. The maximum atomic E-state index is 9.24. The SMILES string of the molecule is Nc1ccc(CCN(CCO)C2CCCCC2)cc1. The van der Waals surface area contributed by atoms with Gasteiger partial charge in [-0.05, 0) is 37.0 Å². The van der Waals surface area contributed by atoms with E-state index < -0.39 is 0 Å². The number of nitrogens with two attached hydrogens (primary N) is 1. The average molecular weight is 262 g/mol. The van der Waals surface area contributed by atoms with Crippen molar-refractivity contribution in [2.75, 3.05) is 25.4 Å². The number of hydrogen-bond donors (Lipinski definition) is 2. The van der Waals surface area contributed by atoms with E-state index in [1.165, 1.54) is 37.7 Å². The second-order valence-electron chi connectivity index (χ2n) is 5.54. The third kappa shape index (κ3) is 4.51. The Morgan fingerprint density at radius 2 is 1.74 bits per heavy atom. The Morgan fingerprint density at radius 1 is 1.05 bits per heavy atom. The zero-order valence-electron chi connectivity index (χ0n) is 11.7. The van der Waals surface area contributed by atoms with Crippen LogP contribution in [0.2, 0.25) is 0 Å². The van der Waals surface area contributed by atoms with E-state index in [1.807, 2.05) is 12.1 Å². The Hall–Kier alpha value is -1.06. The van der Waals surface area contributed by atoms with Crippen LogP contribution in [0.4, 0.5) is 5.69 Å². The van der Waals surface area contributed by atoms with E-state index in [9.17, 15) is 5.11 Å². The predicted octanol–water partition coefficient (Wildman–Crippen LogP) is 2.44. The molecule has 0 aliphatic heterocycles. The van der Waals surface area contributed by atoms with Gasteiger partial charge < -0.3 is 10.8 Å². The third-order valence-corrected chi connectivity index (χ3v) is 4.15. The summed E-state index contributed by atoms with van der Waals surface area (Å²) in [5.74, 6) is 0. The van der Waals surface area contributed by atoms with Gasteiger partial charge in [-0.25, -0.2) is 0 Å². The van der Waals surface area contributed by atoms with Crippen LogP contribution in [-0.4, -0.2) is 35.7 Å². The largest absolute Gasteiger partial charge is 0.399 e. The van der Waals surface area contributed by atoms with Crippen molar-refractivity contribution in [3.8, 4) is 0 Å². The number of anilines is 1. The monoisotopic (exact) mass is 262 g/mol. The molecule has 0 heterocycles. The van der Waals surface area contributed by atoms with E-state index in [0.717, 1.165) is 25.2 Å². The molecule has 0 unspecified atom stereocenters. The molecule has 1 aromatic carbocycles. The third-order valence-electron chi connectivity index (χ3n) is 4.15. The Labute approximate surface area is 116 Å². The van der Waals surface area contributed by atoms with Crippen LogP contribution in [0.15, 0.2) is 24.3 Å². The Balaban J connectivity index is 1.87. The Morgan fingerprint density at radius 3 is 2.37 bits per heavy atom. The lowest BCUT2D eigenvalue weighted by Crippen LogP contribution is -2.40. The smallest absolute Gasteiger partial charge is 0.0558 e. The normalized spacial score (nSPS) is 16.9. The van der Waals surface area contributed by atoms with Gasteiger partial charge in [-0.3, -0.25) is 4.90 Å². The van der Waals surface area contributed by atoms with Gasteiger partial charge >= 0.3 is 0 Å². The number of aliphatic hydroxyl groups is 1. The van der Waals surface area contributed by atoms with Crippen molar-refractivity contribution in [2.45, 2.75) is 44.6 Å². The number of nitrogens with zero attached hydrogens (tertiary/aromatic N) is 1. The summed E-state index contributed by atoms with van der Waals surface area (Å²) in [5, 5.41) is 9.24. The number of hydrogen-bond acceptors (Lipinski definition) is 3. The highest BCUT2D eigenvalue weighted by Gasteiger charge is 2.20. The minimum atomic E-state index is 0.262. The summed E-state index contributed by atoms with van der Waals surface area (Å²) in [5.41, 5.74) is 7.85. The molecule has 1 saturated carbocycles. The number of aliphatic hydroxyl groups excluding tert-OH is 1. The van der Waals surface area contributed by atoms with Crippen molar-refractivity contribution in [2.24, 2.45) is 0 Å². The summed E-state index contributed by atoms with van der Waals surface area (Å²) in [6, 6.07) is 8.81. The molecule has 0 radical (unpaired) electrons. The van der Waals surface area contributed by atoms with Crippen LogP contribution in [-0.2, 0) is 6.42 Å². The lowest BCUT2D eigenvalue weighted by molar-refractivity contribution is 0.125. The van der Waals surface area contributed by atoms with Gasteiger partial charge in [0, 0.05) is 24.8 Å². The molecule has 2 rings (SSSR count). The van der Waals surface area contributed by atoms with E-state index in [0.29, 0.717) is 6.04 Å². The highest BCUT2D eigenvalue weighted by atomic mass is 16.3. The average Bonchev–Trinajstić information content (AvgIpc) is 2.46. The van der Waals surface area contributed by atoms with Crippen molar-refractivity contribution in [3.63, 3.8) is 0 Å². The minimum Gasteiger partial charge on any atom is -0.399 e. The van der Waals surface area contributed by atoms with Crippen LogP contribution in [0, 0.1) is 0 Å². The molecule has 3 nitrogen and oxygen atoms in total. The summed E-state index contributed by atoms with van der Waals surface area (Å²) in [6.45, 7) is 2.10. The zero-order chi connectivity index (χ0) is 13.5. The zero-order valence-corrected chi connectivity index (χ0v) is 11.7. The quantitative estimate of drug-likeness (QED) is 0.774. The molecular formula is C16H26N2O. The fourth-order valence-corrected chi connectivity index (χ4v) is 3.01. The van der Waals surface area contributed by atoms with Crippen LogP contribution in [0.5, 0.6) is 0 Å². The first-order chi connectivity index (χ1) is 9.29. The Kier molecular flexibility index (Phi) is 5.67. The maximum absolute atomic E-state index is 9.24. The predicted molar refractivity (Wildman–Crippen MR) is 80.1 cm³/mol. The van der Waals surface area contributed by atoms with E-state index in [2.05, 4.69) is 17.0 Å². The van der Waals surface area contributed by atoms with Crippen molar-refractivity contribution in [1.82, 2.24) is 4.90 Å². The highest BCUT2D eigenvalue weighted by Crippen LogP contribution is 2.22. The molecule has 0 saturated heterocycles. The summed E-state index contributed by atoms with van der Waals surface area (Å²) >= 11 is 0. The molecule has 1 aliphatic rings. The van der Waals surface area contributed by atoms with Gasteiger partial charge in [-0.2, -0.15) is 0 Å². The van der Waals surface area contributed by atoms with E-state index in [1.54, 1.807) is 0 Å². The van der Waals surface area contributed by atoms with Gasteiger partial charge in [-0.1, -0.05) is 31.4 Å². The van der Waals surface area contributed by atoms with Gasteiger partial charge in [0.2, 0.25) is 0 Å². The second-order valence-corrected chi connectivity index (χ2v) is 5.54. The molecule has 3 heteroatoms. The number of nitrogen functional groups attached to an aromatic ring is 1. The number of benzene rings is 1. The van der Waals surface area contributed by atoms with Gasteiger partial charge in [0.15, 0.2) is 0 Å². The highest BCUT2D eigenvalue weighted by molar-refractivity contribution is 5.39. The van der Waals surface area contributed by atoms with Crippen LogP contribution >= 0.6 is 0 Å². The lowest BCUT2D eigenvalue weighted by Gasteiger charge is -2.34. The molecule has 0 amide bonds. The summed E-state index contributed by atoms with van der Waals surface area (Å²) in [4.78, 5) is 2.47. The molecular weight excluding hydrogens is 236 g/mol. The van der Waals surface area contributed by atoms with Gasteiger partial charge in [0.25, 0.3) is 0 Å². The van der Waals surface area contributed by atoms with E-state index >= 15 is 0 Å². The van der Waals surface area contributed by atoms with Crippen molar-refractivity contribution < 1.29 is 5.11 Å². The first-order valence-electron chi connectivity index (χ1n) is 7.49. The fourth-order valence-electron chi connectivity index (χ4n) is 3.01. The van der Waals surface area contributed by atoms with Crippen LogP contribution in [0.3, 0.4) is 0 Å². The van der Waals surface area contributed by atoms with Crippen molar-refractivity contribution in [1.29, 1.82) is 0 Å². The molecule has 1 fully saturated rings. The molecule has 3 N–H and O–H groups in total. The van der Waals surface area contributed by atoms with Crippen LogP contribution in [0.1, 0.15) is 37.7 Å². The topological polar surface area (TPSA) is 49.5 Å². The van der Waals surface area contributed by atoms with E-state index in [-0.39, 0.29) is 6.61 Å². The summed E-state index contributed by atoms with van der Waals surface area (Å²) in [7, 11) is 0. The minimum absolute atomic E-state index is 0.262. The molecule has 0 bridgehead atoms. The van der Waals surface area contributed by atoms with Crippen molar-refractivity contribution in [3.05, 3.63) is 29.8 Å². The van der Waals surface area contributed by atoms with Gasteiger partial charge in [0.05, 0.1) is 6.61 Å². The molecule has 1 aromatic rings. The molecule has 0 atom stereocenters. The second kappa shape index (κ2) is 7.51.